The summed E-state index contributed by atoms with van der Waals surface area (Å²) in [5.41, 5.74) is 0.884. The van der Waals surface area contributed by atoms with E-state index in [4.69, 9.17) is 4.74 Å². The summed E-state index contributed by atoms with van der Waals surface area (Å²) >= 11 is 0. The summed E-state index contributed by atoms with van der Waals surface area (Å²) in [7, 11) is 2.07. The van der Waals surface area contributed by atoms with E-state index in [9.17, 15) is 4.79 Å². The van der Waals surface area contributed by atoms with Crippen molar-refractivity contribution < 1.29 is 9.53 Å². The number of benzene rings is 1. The van der Waals surface area contributed by atoms with Gasteiger partial charge in [-0.3, -0.25) is 9.78 Å². The summed E-state index contributed by atoms with van der Waals surface area (Å²) in [5, 5.41) is 4.11. The molecule has 0 radical (unpaired) electrons. The van der Waals surface area contributed by atoms with Crippen LogP contribution in [-0.4, -0.2) is 49.1 Å². The van der Waals surface area contributed by atoms with Crippen LogP contribution in [0.2, 0.25) is 0 Å². The van der Waals surface area contributed by atoms with Crippen molar-refractivity contribution in [3.8, 4) is 5.75 Å². The van der Waals surface area contributed by atoms with Crippen LogP contribution in [0, 0.1) is 5.92 Å². The summed E-state index contributed by atoms with van der Waals surface area (Å²) in [4.78, 5) is 18.8. The van der Waals surface area contributed by atoms with Crippen molar-refractivity contribution in [1.29, 1.82) is 0 Å². The summed E-state index contributed by atoms with van der Waals surface area (Å²) in [6, 6.07) is 9.88. The van der Waals surface area contributed by atoms with Gasteiger partial charge in [-0.25, -0.2) is 0 Å². The van der Waals surface area contributed by atoms with Crippen molar-refractivity contribution >= 4 is 16.8 Å². The van der Waals surface area contributed by atoms with E-state index in [1.54, 1.807) is 6.20 Å². The largest absolute Gasteiger partial charge is 0.491 e. The van der Waals surface area contributed by atoms with E-state index in [1.807, 2.05) is 30.3 Å². The van der Waals surface area contributed by atoms with Gasteiger partial charge in [0.15, 0.2) is 0 Å². The predicted molar refractivity (Wildman–Crippen MR) is 95.1 cm³/mol. The second kappa shape index (κ2) is 8.11. The number of nitrogens with one attached hydrogen (secondary N) is 1. The highest BCUT2D eigenvalue weighted by atomic mass is 16.5. The van der Waals surface area contributed by atoms with Gasteiger partial charge in [-0.15, -0.1) is 0 Å². The molecule has 1 aliphatic rings. The molecule has 1 atom stereocenters. The minimum Gasteiger partial charge on any atom is -0.491 e. The summed E-state index contributed by atoms with van der Waals surface area (Å²) in [6.07, 6.45) is 4.66. The number of likely N-dealkylation sites (tertiary alicyclic amines) is 1. The normalized spacial score (nSPS) is 18.5. The zero-order valence-corrected chi connectivity index (χ0v) is 14.2. The van der Waals surface area contributed by atoms with Gasteiger partial charge in [-0.1, -0.05) is 18.2 Å². The quantitative estimate of drug-likeness (QED) is 0.828. The lowest BCUT2D eigenvalue weighted by atomic mass is 9.97. The van der Waals surface area contributed by atoms with Crippen LogP contribution in [0.4, 0.5) is 0 Å². The molecular formula is C19H25N3O2. The number of carbonyl (C=O) groups is 1. The Hall–Kier alpha value is -2.14. The number of nitrogens with zero attached hydrogens (tertiary/aromatic N) is 2. The molecule has 1 aromatic heterocycles. The molecule has 2 aromatic rings. The van der Waals surface area contributed by atoms with Gasteiger partial charge in [0.1, 0.15) is 11.3 Å². The van der Waals surface area contributed by atoms with Crippen LogP contribution < -0.4 is 10.1 Å². The van der Waals surface area contributed by atoms with Crippen molar-refractivity contribution in [2.24, 2.45) is 5.92 Å². The lowest BCUT2D eigenvalue weighted by molar-refractivity contribution is -0.126. The van der Waals surface area contributed by atoms with E-state index in [0.717, 1.165) is 49.0 Å². The average Bonchev–Trinajstić information content (AvgIpc) is 2.61. The Balaban J connectivity index is 1.41. The number of hydrogen-bond acceptors (Lipinski definition) is 4. The first kappa shape index (κ1) is 16.7. The van der Waals surface area contributed by atoms with Crippen molar-refractivity contribution in [3.05, 3.63) is 36.5 Å². The van der Waals surface area contributed by atoms with Gasteiger partial charge >= 0.3 is 0 Å². The third-order valence-electron chi connectivity index (χ3n) is 4.47. The second-order valence-electron chi connectivity index (χ2n) is 6.43. The lowest BCUT2D eigenvalue weighted by Gasteiger charge is -2.28. The third-order valence-corrected chi connectivity index (χ3v) is 4.47. The minimum absolute atomic E-state index is 0.131. The molecule has 5 nitrogen and oxygen atoms in total. The maximum Gasteiger partial charge on any atom is 0.224 e. The standard InChI is InChI=1S/C19H25N3O2/c1-22-12-4-8-16(14-22)19(23)21-11-5-13-24-17-9-2-6-15-7-3-10-20-18(15)17/h2-3,6-7,9-10,16H,4-5,8,11-14H2,1H3,(H,21,23). The van der Waals surface area contributed by atoms with Gasteiger partial charge in [0.2, 0.25) is 5.91 Å². The number of hydrogen-bond donors (Lipinski definition) is 1. The van der Waals surface area contributed by atoms with Gasteiger partial charge in [0, 0.05) is 24.7 Å². The van der Waals surface area contributed by atoms with E-state index in [2.05, 4.69) is 22.2 Å². The number of para-hydroxylation sites is 1. The molecule has 1 amide bonds. The Morgan fingerprint density at radius 2 is 2.25 bits per heavy atom. The molecule has 3 rings (SSSR count). The first-order chi connectivity index (χ1) is 11.7. The van der Waals surface area contributed by atoms with Crippen molar-refractivity contribution in [3.63, 3.8) is 0 Å². The van der Waals surface area contributed by atoms with E-state index in [1.165, 1.54) is 0 Å². The number of ether oxygens (including phenoxy) is 1. The maximum atomic E-state index is 12.2. The highest BCUT2D eigenvalue weighted by molar-refractivity contribution is 5.84. The van der Waals surface area contributed by atoms with Crippen molar-refractivity contribution in [1.82, 2.24) is 15.2 Å². The molecule has 1 saturated heterocycles. The van der Waals surface area contributed by atoms with Gasteiger partial charge in [0.05, 0.1) is 12.5 Å². The molecule has 5 heteroatoms. The predicted octanol–water partition coefficient (Wildman–Crippen LogP) is 2.46. The topological polar surface area (TPSA) is 54.5 Å². The monoisotopic (exact) mass is 327 g/mol. The second-order valence-corrected chi connectivity index (χ2v) is 6.43. The Bertz CT molecular complexity index is 684. The van der Waals surface area contributed by atoms with Crippen LogP contribution in [0.25, 0.3) is 10.9 Å². The van der Waals surface area contributed by atoms with Crippen LogP contribution in [0.5, 0.6) is 5.75 Å². The van der Waals surface area contributed by atoms with Gasteiger partial charge in [-0.2, -0.15) is 0 Å². The Labute approximate surface area is 143 Å². The van der Waals surface area contributed by atoms with Crippen LogP contribution in [0.3, 0.4) is 0 Å². The Kier molecular flexibility index (Phi) is 5.64. The zero-order chi connectivity index (χ0) is 16.8. The lowest BCUT2D eigenvalue weighted by Crippen LogP contribution is -2.41. The maximum absolute atomic E-state index is 12.2. The Morgan fingerprint density at radius 3 is 3.12 bits per heavy atom. The van der Waals surface area contributed by atoms with Crippen LogP contribution in [0.1, 0.15) is 19.3 Å². The molecule has 0 spiro atoms. The molecule has 1 N–H and O–H groups in total. The highest BCUT2D eigenvalue weighted by Gasteiger charge is 2.23. The van der Waals surface area contributed by atoms with Crippen molar-refractivity contribution in [2.45, 2.75) is 19.3 Å². The molecule has 1 aromatic carbocycles. The SMILES string of the molecule is CN1CCCC(C(=O)NCCCOc2cccc3cccnc23)C1. The number of pyridine rings is 1. The van der Waals surface area contributed by atoms with E-state index < -0.39 is 0 Å². The van der Waals surface area contributed by atoms with Gasteiger partial charge < -0.3 is 15.0 Å². The summed E-state index contributed by atoms with van der Waals surface area (Å²) < 4.78 is 5.84. The first-order valence-corrected chi connectivity index (χ1v) is 8.67. The minimum atomic E-state index is 0.131. The number of rotatable bonds is 6. The molecule has 1 fully saturated rings. The molecule has 1 unspecified atom stereocenters. The number of fused-ring (bicyclic) bond motifs is 1. The van der Waals surface area contributed by atoms with Crippen molar-refractivity contribution in [2.75, 3.05) is 33.3 Å². The molecule has 0 saturated carbocycles. The highest BCUT2D eigenvalue weighted by Crippen LogP contribution is 2.22. The Morgan fingerprint density at radius 1 is 1.38 bits per heavy atom. The van der Waals surface area contributed by atoms with Crippen LogP contribution in [-0.2, 0) is 4.79 Å². The van der Waals surface area contributed by atoms with Crippen LogP contribution >= 0.6 is 0 Å². The molecule has 128 valence electrons. The smallest absolute Gasteiger partial charge is 0.224 e. The molecule has 0 aliphatic carbocycles. The first-order valence-electron chi connectivity index (χ1n) is 8.67. The fraction of sp³-hybridized carbons (Fsp3) is 0.474. The molecule has 1 aliphatic heterocycles. The van der Waals surface area contributed by atoms with E-state index in [-0.39, 0.29) is 11.8 Å². The fourth-order valence-corrected chi connectivity index (χ4v) is 3.18. The summed E-state index contributed by atoms with van der Waals surface area (Å²) in [5.74, 6) is 1.11. The number of carbonyl (C=O) groups excluding carboxylic acids is 1. The molecule has 2 heterocycles. The van der Waals surface area contributed by atoms with E-state index >= 15 is 0 Å². The number of piperidine rings is 1. The van der Waals surface area contributed by atoms with Crippen LogP contribution in [0.15, 0.2) is 36.5 Å². The fourth-order valence-electron chi connectivity index (χ4n) is 3.18. The third kappa shape index (κ3) is 4.23. The molecule has 0 bridgehead atoms. The number of amides is 1. The molecular weight excluding hydrogens is 302 g/mol. The molecule has 24 heavy (non-hydrogen) atoms. The number of aromatic nitrogens is 1. The van der Waals surface area contributed by atoms with Gasteiger partial charge in [0.25, 0.3) is 0 Å². The summed E-state index contributed by atoms with van der Waals surface area (Å²) in [6.45, 7) is 3.18. The van der Waals surface area contributed by atoms with E-state index in [0.29, 0.717) is 13.2 Å². The zero-order valence-electron chi connectivity index (χ0n) is 14.2. The average molecular weight is 327 g/mol. The van der Waals surface area contributed by atoms with Gasteiger partial charge in [-0.05, 0) is 45.0 Å².